The van der Waals surface area contributed by atoms with Gasteiger partial charge < -0.3 is 14.8 Å². The second-order valence-electron chi connectivity index (χ2n) is 5.00. The summed E-state index contributed by atoms with van der Waals surface area (Å²) in [5, 5.41) is 13.3. The van der Waals surface area contributed by atoms with Gasteiger partial charge in [0.05, 0.1) is 4.92 Å². The molecule has 1 atom stereocenters. The number of benzene rings is 2. The first kappa shape index (κ1) is 17.9. The lowest BCUT2D eigenvalue weighted by Crippen LogP contribution is -2.31. The van der Waals surface area contributed by atoms with Crippen molar-refractivity contribution < 1.29 is 24.0 Å². The van der Waals surface area contributed by atoms with E-state index in [9.17, 15) is 19.7 Å². The Balaban J connectivity index is 1.88. The van der Waals surface area contributed by atoms with Crippen LogP contribution >= 0.6 is 0 Å². The molecule has 2 aromatic carbocycles. The van der Waals surface area contributed by atoms with Gasteiger partial charge >= 0.3 is 5.97 Å². The number of nitro groups is 1. The summed E-state index contributed by atoms with van der Waals surface area (Å²) in [5.41, 5.74) is -0.220. The highest BCUT2D eigenvalue weighted by atomic mass is 16.6. The van der Waals surface area contributed by atoms with E-state index in [-0.39, 0.29) is 18.0 Å². The normalized spacial score (nSPS) is 11.2. The molecule has 0 aliphatic rings. The zero-order chi connectivity index (χ0) is 18.2. The fourth-order valence-corrected chi connectivity index (χ4v) is 1.92. The minimum Gasteiger partial charge on any atom is -0.482 e. The maximum Gasteiger partial charge on any atom is 0.344 e. The van der Waals surface area contributed by atoms with E-state index in [0.717, 1.165) is 0 Å². The van der Waals surface area contributed by atoms with E-state index in [1.54, 1.807) is 36.4 Å². The molecule has 130 valence electrons. The first-order valence-corrected chi connectivity index (χ1v) is 7.39. The number of ether oxygens (including phenoxy) is 2. The van der Waals surface area contributed by atoms with Gasteiger partial charge in [-0.15, -0.1) is 0 Å². The molecule has 2 rings (SSSR count). The van der Waals surface area contributed by atoms with Crippen molar-refractivity contribution >= 4 is 23.3 Å². The van der Waals surface area contributed by atoms with Crippen molar-refractivity contribution in [2.75, 3.05) is 11.9 Å². The monoisotopic (exact) mass is 344 g/mol. The molecular weight excluding hydrogens is 328 g/mol. The maximum absolute atomic E-state index is 12.0. The van der Waals surface area contributed by atoms with Gasteiger partial charge in [-0.25, -0.2) is 4.79 Å². The molecule has 0 aromatic heterocycles. The van der Waals surface area contributed by atoms with Gasteiger partial charge in [0.1, 0.15) is 11.4 Å². The molecule has 0 fully saturated rings. The molecule has 2 aromatic rings. The number of carbonyl (C=O) groups excluding carboxylic acids is 2. The second-order valence-corrected chi connectivity index (χ2v) is 5.00. The smallest absolute Gasteiger partial charge is 0.344 e. The summed E-state index contributed by atoms with van der Waals surface area (Å²) >= 11 is 0. The standard InChI is InChI=1S/C17H16N2O6/c1-12(25-16(20)11-24-13-7-3-2-4-8-13)17(21)18-14-9-5-6-10-15(14)19(22)23/h2-10,12H,11H2,1H3,(H,18,21)/t12-/m0/s1. The molecule has 0 heterocycles. The zero-order valence-electron chi connectivity index (χ0n) is 13.4. The van der Waals surface area contributed by atoms with Crippen LogP contribution in [0.2, 0.25) is 0 Å². The van der Waals surface area contributed by atoms with E-state index in [0.29, 0.717) is 5.75 Å². The summed E-state index contributed by atoms with van der Waals surface area (Å²) in [6.45, 7) is 1.01. The summed E-state index contributed by atoms with van der Waals surface area (Å²) in [6.07, 6.45) is -1.13. The molecule has 0 aliphatic heterocycles. The highest BCUT2D eigenvalue weighted by Crippen LogP contribution is 2.23. The number of nitrogens with one attached hydrogen (secondary N) is 1. The van der Waals surface area contributed by atoms with Crippen molar-refractivity contribution in [2.45, 2.75) is 13.0 Å². The van der Waals surface area contributed by atoms with Crippen LogP contribution in [0.5, 0.6) is 5.75 Å². The molecule has 25 heavy (non-hydrogen) atoms. The third kappa shape index (κ3) is 5.31. The van der Waals surface area contributed by atoms with Crippen LogP contribution in [0.3, 0.4) is 0 Å². The number of nitrogens with zero attached hydrogens (tertiary/aromatic N) is 1. The summed E-state index contributed by atoms with van der Waals surface area (Å²) in [6, 6.07) is 14.4. The van der Waals surface area contributed by atoms with Crippen LogP contribution in [-0.2, 0) is 14.3 Å². The van der Waals surface area contributed by atoms with Gasteiger partial charge in [-0.05, 0) is 25.1 Å². The van der Waals surface area contributed by atoms with Crippen molar-refractivity contribution in [3.05, 3.63) is 64.7 Å². The highest BCUT2D eigenvalue weighted by Gasteiger charge is 2.21. The number of hydrogen-bond donors (Lipinski definition) is 1. The zero-order valence-corrected chi connectivity index (χ0v) is 13.4. The van der Waals surface area contributed by atoms with Gasteiger partial charge in [-0.1, -0.05) is 30.3 Å². The lowest BCUT2D eigenvalue weighted by molar-refractivity contribution is -0.383. The Morgan fingerprint density at radius 2 is 1.76 bits per heavy atom. The van der Waals surface area contributed by atoms with Gasteiger partial charge in [0.2, 0.25) is 0 Å². The SMILES string of the molecule is C[C@H](OC(=O)COc1ccccc1)C(=O)Nc1ccccc1[N+](=O)[O-]. The quantitative estimate of drug-likeness (QED) is 0.470. The topological polar surface area (TPSA) is 108 Å². The van der Waals surface area contributed by atoms with Gasteiger partial charge in [0, 0.05) is 6.07 Å². The Kier molecular flexibility index (Phi) is 6.05. The third-order valence-corrected chi connectivity index (χ3v) is 3.14. The number of rotatable bonds is 7. The van der Waals surface area contributed by atoms with Crippen molar-refractivity contribution in [1.82, 2.24) is 0 Å². The van der Waals surface area contributed by atoms with E-state index >= 15 is 0 Å². The number of esters is 1. The molecule has 0 aliphatic carbocycles. The van der Waals surface area contributed by atoms with Gasteiger partial charge in [0.15, 0.2) is 12.7 Å². The lowest BCUT2D eigenvalue weighted by atomic mass is 10.2. The number of hydrogen-bond acceptors (Lipinski definition) is 6. The van der Waals surface area contributed by atoms with E-state index in [4.69, 9.17) is 9.47 Å². The fraction of sp³-hybridized carbons (Fsp3) is 0.176. The summed E-state index contributed by atoms with van der Waals surface area (Å²) in [4.78, 5) is 34.1. The molecular formula is C17H16N2O6. The number of nitro benzene ring substituents is 1. The Bertz CT molecular complexity index is 763. The molecule has 0 saturated heterocycles. The van der Waals surface area contributed by atoms with Gasteiger partial charge in [-0.2, -0.15) is 0 Å². The molecule has 0 unspecified atom stereocenters. The number of carbonyl (C=O) groups is 2. The Labute approximate surface area is 143 Å². The minimum atomic E-state index is -1.13. The van der Waals surface area contributed by atoms with Crippen LogP contribution in [0.4, 0.5) is 11.4 Å². The third-order valence-electron chi connectivity index (χ3n) is 3.14. The number of anilines is 1. The molecule has 1 N–H and O–H groups in total. The first-order valence-electron chi connectivity index (χ1n) is 7.39. The molecule has 1 amide bonds. The first-order chi connectivity index (χ1) is 12.0. The molecule has 8 heteroatoms. The summed E-state index contributed by atoms with van der Waals surface area (Å²) < 4.78 is 10.2. The van der Waals surface area contributed by atoms with Crippen LogP contribution in [-0.4, -0.2) is 29.5 Å². The average Bonchev–Trinajstić information content (AvgIpc) is 2.61. The Morgan fingerprint density at radius 3 is 2.44 bits per heavy atom. The van der Waals surface area contributed by atoms with Crippen molar-refractivity contribution in [2.24, 2.45) is 0 Å². The van der Waals surface area contributed by atoms with Crippen LogP contribution < -0.4 is 10.1 Å². The number of para-hydroxylation sites is 3. The predicted molar refractivity (Wildman–Crippen MR) is 89.2 cm³/mol. The van der Waals surface area contributed by atoms with Crippen LogP contribution in [0.25, 0.3) is 0 Å². The van der Waals surface area contributed by atoms with E-state index < -0.39 is 22.9 Å². The van der Waals surface area contributed by atoms with Crippen molar-refractivity contribution in [3.63, 3.8) is 0 Å². The average molecular weight is 344 g/mol. The summed E-state index contributed by atoms with van der Waals surface area (Å²) in [5.74, 6) is -0.909. The lowest BCUT2D eigenvalue weighted by Gasteiger charge is -2.14. The Morgan fingerprint density at radius 1 is 1.12 bits per heavy atom. The van der Waals surface area contributed by atoms with Gasteiger partial charge in [0.25, 0.3) is 11.6 Å². The highest BCUT2D eigenvalue weighted by molar-refractivity contribution is 5.96. The van der Waals surface area contributed by atoms with E-state index in [1.807, 2.05) is 0 Å². The molecule has 0 saturated carbocycles. The van der Waals surface area contributed by atoms with Crippen molar-refractivity contribution in [3.8, 4) is 5.75 Å². The predicted octanol–water partition coefficient (Wildman–Crippen LogP) is 2.54. The van der Waals surface area contributed by atoms with Gasteiger partial charge in [-0.3, -0.25) is 14.9 Å². The second kappa shape index (κ2) is 8.44. The molecule has 0 bridgehead atoms. The minimum absolute atomic E-state index is 0.0286. The molecule has 0 radical (unpaired) electrons. The van der Waals surface area contributed by atoms with Crippen LogP contribution in [0.1, 0.15) is 6.92 Å². The molecule has 8 nitrogen and oxygen atoms in total. The maximum atomic E-state index is 12.0. The molecule has 0 spiro atoms. The van der Waals surface area contributed by atoms with E-state index in [1.165, 1.54) is 25.1 Å². The Hall–Kier alpha value is -3.42. The van der Waals surface area contributed by atoms with Crippen molar-refractivity contribution in [1.29, 1.82) is 0 Å². The largest absolute Gasteiger partial charge is 0.482 e. The van der Waals surface area contributed by atoms with Crippen LogP contribution in [0, 0.1) is 10.1 Å². The number of amides is 1. The van der Waals surface area contributed by atoms with Crippen LogP contribution in [0.15, 0.2) is 54.6 Å². The van der Waals surface area contributed by atoms with E-state index in [2.05, 4.69) is 5.32 Å². The summed E-state index contributed by atoms with van der Waals surface area (Å²) in [7, 11) is 0. The fourth-order valence-electron chi connectivity index (χ4n) is 1.92.